The summed E-state index contributed by atoms with van der Waals surface area (Å²) in [5, 5.41) is 19.4. The number of anilines is 1. The maximum absolute atomic E-state index is 11.5. The summed E-state index contributed by atoms with van der Waals surface area (Å²) in [6, 6.07) is 5.31. The second kappa shape index (κ2) is 4.78. The molecule has 1 aromatic rings. The molecular formula is C11H13N5O. The van der Waals surface area contributed by atoms with Gasteiger partial charge in [0, 0.05) is 26.1 Å². The zero-order valence-corrected chi connectivity index (χ0v) is 9.55. The first-order valence-electron chi connectivity index (χ1n) is 5.43. The van der Waals surface area contributed by atoms with E-state index in [1.54, 1.807) is 24.1 Å². The molecule has 0 saturated carbocycles. The highest BCUT2D eigenvalue weighted by atomic mass is 16.2. The maximum atomic E-state index is 11.5. The topological polar surface area (TPSA) is 81.9 Å². The Bertz CT molecular complexity index is 450. The number of nitrogens with zero attached hydrogens (tertiary/aromatic N) is 4. The number of nitrogens with one attached hydrogen (secondary N) is 1. The lowest BCUT2D eigenvalue weighted by atomic mass is 10.1. The van der Waals surface area contributed by atoms with Crippen LogP contribution in [0.2, 0.25) is 0 Å². The van der Waals surface area contributed by atoms with Crippen molar-refractivity contribution in [1.82, 2.24) is 15.1 Å². The highest BCUT2D eigenvalue weighted by Crippen LogP contribution is 2.14. The third kappa shape index (κ3) is 2.69. The SMILES string of the molecule is CN1CCC(Nc2ccc(C#N)nn2)CC1=O. The summed E-state index contributed by atoms with van der Waals surface area (Å²) in [5.41, 5.74) is 0.287. The lowest BCUT2D eigenvalue weighted by Gasteiger charge is -2.29. The second-order valence-corrected chi connectivity index (χ2v) is 4.06. The number of hydrogen-bond donors (Lipinski definition) is 1. The van der Waals surface area contributed by atoms with Gasteiger partial charge in [-0.25, -0.2) is 0 Å². The van der Waals surface area contributed by atoms with Crippen molar-refractivity contribution >= 4 is 11.7 Å². The van der Waals surface area contributed by atoms with Crippen LogP contribution < -0.4 is 5.32 Å². The van der Waals surface area contributed by atoms with E-state index >= 15 is 0 Å². The van der Waals surface area contributed by atoms with Crippen LogP contribution in [0.1, 0.15) is 18.5 Å². The van der Waals surface area contributed by atoms with E-state index in [-0.39, 0.29) is 17.6 Å². The molecule has 1 saturated heterocycles. The molecule has 1 aliphatic rings. The average Bonchev–Trinajstić information content (AvgIpc) is 2.35. The van der Waals surface area contributed by atoms with Crippen molar-refractivity contribution in [2.45, 2.75) is 18.9 Å². The molecule has 2 rings (SSSR count). The number of amides is 1. The van der Waals surface area contributed by atoms with Crippen molar-refractivity contribution in [3.05, 3.63) is 17.8 Å². The molecule has 1 atom stereocenters. The van der Waals surface area contributed by atoms with Crippen LogP contribution in [0.5, 0.6) is 0 Å². The Morgan fingerprint density at radius 3 is 2.94 bits per heavy atom. The van der Waals surface area contributed by atoms with Gasteiger partial charge in [-0.15, -0.1) is 10.2 Å². The highest BCUT2D eigenvalue weighted by molar-refractivity contribution is 5.77. The minimum Gasteiger partial charge on any atom is -0.365 e. The molecular weight excluding hydrogens is 218 g/mol. The quantitative estimate of drug-likeness (QED) is 0.795. The van der Waals surface area contributed by atoms with E-state index < -0.39 is 0 Å². The van der Waals surface area contributed by atoms with Gasteiger partial charge in [-0.2, -0.15) is 5.26 Å². The number of carbonyl (C=O) groups excluding carboxylic acids is 1. The number of aromatic nitrogens is 2. The minimum atomic E-state index is 0.0981. The lowest BCUT2D eigenvalue weighted by molar-refractivity contribution is -0.132. The van der Waals surface area contributed by atoms with Gasteiger partial charge in [-0.1, -0.05) is 0 Å². The van der Waals surface area contributed by atoms with Crippen LogP contribution in [0.15, 0.2) is 12.1 Å². The molecule has 1 fully saturated rings. The Hall–Kier alpha value is -2.16. The van der Waals surface area contributed by atoms with Crippen LogP contribution in [-0.2, 0) is 4.79 Å². The van der Waals surface area contributed by atoms with Gasteiger partial charge in [0.25, 0.3) is 0 Å². The summed E-state index contributed by atoms with van der Waals surface area (Å²) in [7, 11) is 1.81. The molecule has 1 aliphatic heterocycles. The van der Waals surface area contributed by atoms with E-state index in [0.717, 1.165) is 13.0 Å². The van der Waals surface area contributed by atoms with E-state index in [2.05, 4.69) is 15.5 Å². The molecule has 6 heteroatoms. The van der Waals surface area contributed by atoms with Gasteiger partial charge >= 0.3 is 0 Å². The van der Waals surface area contributed by atoms with Gasteiger partial charge in [-0.05, 0) is 18.6 Å². The summed E-state index contributed by atoms with van der Waals surface area (Å²) >= 11 is 0. The molecule has 1 amide bonds. The normalized spacial score (nSPS) is 19.9. The van der Waals surface area contributed by atoms with Crippen molar-refractivity contribution in [2.24, 2.45) is 0 Å². The molecule has 0 spiro atoms. The van der Waals surface area contributed by atoms with Crippen LogP contribution in [0.3, 0.4) is 0 Å². The van der Waals surface area contributed by atoms with Gasteiger partial charge in [0.2, 0.25) is 5.91 Å². The third-order valence-corrected chi connectivity index (χ3v) is 2.79. The summed E-state index contributed by atoms with van der Waals surface area (Å²) in [5.74, 6) is 0.738. The van der Waals surface area contributed by atoms with Crippen molar-refractivity contribution in [3.8, 4) is 6.07 Å². The summed E-state index contributed by atoms with van der Waals surface area (Å²) in [6.07, 6.45) is 1.36. The fraction of sp³-hybridized carbons (Fsp3) is 0.455. The van der Waals surface area contributed by atoms with E-state index in [0.29, 0.717) is 12.2 Å². The number of carbonyl (C=O) groups is 1. The van der Waals surface area contributed by atoms with Gasteiger partial charge in [0.05, 0.1) is 0 Å². The van der Waals surface area contributed by atoms with Gasteiger partial charge in [0.1, 0.15) is 11.9 Å². The Kier molecular flexibility index (Phi) is 3.19. The number of hydrogen-bond acceptors (Lipinski definition) is 5. The van der Waals surface area contributed by atoms with Crippen LogP contribution in [0, 0.1) is 11.3 Å². The Balaban J connectivity index is 1.97. The summed E-state index contributed by atoms with van der Waals surface area (Å²) in [6.45, 7) is 0.750. The molecule has 0 radical (unpaired) electrons. The van der Waals surface area contributed by atoms with E-state index in [9.17, 15) is 4.79 Å². The first-order valence-corrected chi connectivity index (χ1v) is 5.43. The minimum absolute atomic E-state index is 0.0981. The average molecular weight is 231 g/mol. The maximum Gasteiger partial charge on any atom is 0.224 e. The Morgan fingerprint density at radius 1 is 1.53 bits per heavy atom. The van der Waals surface area contributed by atoms with E-state index in [1.807, 2.05) is 6.07 Å². The van der Waals surface area contributed by atoms with E-state index in [1.165, 1.54) is 0 Å². The summed E-state index contributed by atoms with van der Waals surface area (Å²) < 4.78 is 0. The Labute approximate surface area is 99.3 Å². The van der Waals surface area contributed by atoms with Gasteiger partial charge < -0.3 is 10.2 Å². The van der Waals surface area contributed by atoms with Crippen molar-refractivity contribution in [3.63, 3.8) is 0 Å². The monoisotopic (exact) mass is 231 g/mol. The first-order chi connectivity index (χ1) is 8.19. The molecule has 6 nitrogen and oxygen atoms in total. The molecule has 0 aliphatic carbocycles. The van der Waals surface area contributed by atoms with Crippen molar-refractivity contribution in [1.29, 1.82) is 5.26 Å². The molecule has 0 aromatic carbocycles. The van der Waals surface area contributed by atoms with Crippen molar-refractivity contribution < 1.29 is 4.79 Å². The molecule has 1 aromatic heterocycles. The largest absolute Gasteiger partial charge is 0.365 e. The number of likely N-dealkylation sites (tertiary alicyclic amines) is 1. The summed E-state index contributed by atoms with van der Waals surface area (Å²) in [4.78, 5) is 13.2. The molecule has 88 valence electrons. The molecule has 2 heterocycles. The van der Waals surface area contributed by atoms with Gasteiger partial charge in [-0.3, -0.25) is 4.79 Å². The second-order valence-electron chi connectivity index (χ2n) is 4.06. The molecule has 1 unspecified atom stereocenters. The Morgan fingerprint density at radius 2 is 2.35 bits per heavy atom. The zero-order chi connectivity index (χ0) is 12.3. The fourth-order valence-electron chi connectivity index (χ4n) is 1.74. The smallest absolute Gasteiger partial charge is 0.224 e. The zero-order valence-electron chi connectivity index (χ0n) is 9.55. The standard InChI is InChI=1S/C11H13N5O/c1-16-5-4-8(6-11(16)17)13-10-3-2-9(7-12)14-15-10/h2-3,8H,4-6H2,1H3,(H,13,15). The lowest BCUT2D eigenvalue weighted by Crippen LogP contribution is -2.41. The molecule has 17 heavy (non-hydrogen) atoms. The van der Waals surface area contributed by atoms with Crippen LogP contribution in [-0.4, -0.2) is 40.6 Å². The highest BCUT2D eigenvalue weighted by Gasteiger charge is 2.23. The molecule has 1 N–H and O–H groups in total. The third-order valence-electron chi connectivity index (χ3n) is 2.79. The predicted molar refractivity (Wildman–Crippen MR) is 61.0 cm³/mol. The van der Waals surface area contributed by atoms with E-state index in [4.69, 9.17) is 5.26 Å². The number of piperidine rings is 1. The van der Waals surface area contributed by atoms with Gasteiger partial charge in [0.15, 0.2) is 5.69 Å². The van der Waals surface area contributed by atoms with Crippen molar-refractivity contribution in [2.75, 3.05) is 18.9 Å². The first kappa shape index (κ1) is 11.3. The predicted octanol–water partition coefficient (Wildman–Crippen LogP) is 0.381. The number of nitriles is 1. The molecule has 0 bridgehead atoms. The fourth-order valence-corrected chi connectivity index (χ4v) is 1.74. The van der Waals surface area contributed by atoms with Crippen LogP contribution >= 0.6 is 0 Å². The number of rotatable bonds is 2. The van der Waals surface area contributed by atoms with Crippen LogP contribution in [0.4, 0.5) is 5.82 Å². The van der Waals surface area contributed by atoms with Crippen LogP contribution in [0.25, 0.3) is 0 Å².